The van der Waals surface area contributed by atoms with Gasteiger partial charge in [-0.25, -0.2) is 9.78 Å². The normalized spacial score (nSPS) is 10.4. The van der Waals surface area contributed by atoms with Gasteiger partial charge in [0.25, 0.3) is 0 Å². The van der Waals surface area contributed by atoms with Crippen molar-refractivity contribution in [3.05, 3.63) is 22.9 Å². The van der Waals surface area contributed by atoms with Gasteiger partial charge in [-0.3, -0.25) is 0 Å². The van der Waals surface area contributed by atoms with E-state index in [2.05, 4.69) is 11.2 Å². The van der Waals surface area contributed by atoms with Gasteiger partial charge in [0.1, 0.15) is 11.4 Å². The number of pyridine rings is 1. The van der Waals surface area contributed by atoms with Gasteiger partial charge >= 0.3 is 5.97 Å². The Balaban J connectivity index is 3.02. The van der Waals surface area contributed by atoms with Crippen LogP contribution in [0.2, 0.25) is 0 Å². The highest BCUT2D eigenvalue weighted by Crippen LogP contribution is 2.22. The van der Waals surface area contributed by atoms with Crippen LogP contribution in [0.25, 0.3) is 0 Å². The van der Waals surface area contributed by atoms with Gasteiger partial charge in [-0.1, -0.05) is 0 Å². The number of carboxylic acids is 1. The van der Waals surface area contributed by atoms with Gasteiger partial charge in [0.2, 0.25) is 0 Å². The third-order valence-corrected chi connectivity index (χ3v) is 3.44. The first-order valence-corrected chi connectivity index (χ1v) is 7.28. The first-order chi connectivity index (χ1) is 8.47. The van der Waals surface area contributed by atoms with E-state index in [4.69, 9.17) is 0 Å². The van der Waals surface area contributed by atoms with Crippen LogP contribution in [-0.2, 0) is 0 Å². The van der Waals surface area contributed by atoms with Crippen LogP contribution in [0.4, 0.5) is 5.82 Å². The number of carbonyl (C=O) groups is 1. The Labute approximate surface area is 112 Å². The minimum Gasteiger partial charge on any atom is -0.478 e. The third-order valence-electron chi connectivity index (χ3n) is 2.74. The zero-order valence-electron chi connectivity index (χ0n) is 11.4. The molecule has 18 heavy (non-hydrogen) atoms. The molecule has 0 radical (unpaired) electrons. The van der Waals surface area contributed by atoms with E-state index in [9.17, 15) is 9.90 Å². The molecule has 1 rings (SSSR count). The summed E-state index contributed by atoms with van der Waals surface area (Å²) >= 11 is 1.79. The van der Waals surface area contributed by atoms with E-state index in [1.54, 1.807) is 11.8 Å². The maximum Gasteiger partial charge on any atom is 0.339 e. The summed E-state index contributed by atoms with van der Waals surface area (Å²) in [5.74, 6) is 0.727. The maximum absolute atomic E-state index is 11.3. The van der Waals surface area contributed by atoms with Gasteiger partial charge in [0.15, 0.2) is 0 Å². The summed E-state index contributed by atoms with van der Waals surface area (Å²) in [4.78, 5) is 17.6. The summed E-state index contributed by atoms with van der Waals surface area (Å²) in [6.45, 7) is 4.52. The van der Waals surface area contributed by atoms with E-state index in [1.807, 2.05) is 31.9 Å². The molecule has 0 saturated carbocycles. The Kier molecular flexibility index (Phi) is 5.47. The number of carboxylic acid groups (broad SMARTS) is 1. The number of hydrogen-bond donors (Lipinski definition) is 1. The molecule has 0 saturated heterocycles. The van der Waals surface area contributed by atoms with E-state index in [0.717, 1.165) is 30.0 Å². The lowest BCUT2D eigenvalue weighted by atomic mass is 10.1. The van der Waals surface area contributed by atoms with Crippen LogP contribution in [0.5, 0.6) is 0 Å². The fourth-order valence-electron chi connectivity index (χ4n) is 1.91. The molecule has 0 bridgehead atoms. The summed E-state index contributed by atoms with van der Waals surface area (Å²) in [5, 5.41) is 9.29. The number of hydrogen-bond acceptors (Lipinski definition) is 4. The Hall–Kier alpha value is -1.23. The molecule has 0 unspecified atom stereocenters. The van der Waals surface area contributed by atoms with E-state index in [1.165, 1.54) is 0 Å². The van der Waals surface area contributed by atoms with E-state index < -0.39 is 5.97 Å². The fraction of sp³-hybridized carbons (Fsp3) is 0.538. The van der Waals surface area contributed by atoms with Gasteiger partial charge in [0.05, 0.1) is 0 Å². The summed E-state index contributed by atoms with van der Waals surface area (Å²) in [6, 6.07) is 1.81. The van der Waals surface area contributed by atoms with Crippen molar-refractivity contribution in [2.45, 2.75) is 20.3 Å². The first-order valence-electron chi connectivity index (χ1n) is 5.89. The van der Waals surface area contributed by atoms with E-state index in [0.29, 0.717) is 11.4 Å². The Morgan fingerprint density at radius 1 is 1.50 bits per heavy atom. The molecule has 100 valence electrons. The van der Waals surface area contributed by atoms with Gasteiger partial charge in [-0.05, 0) is 43.9 Å². The minimum absolute atomic E-state index is 0.312. The van der Waals surface area contributed by atoms with Gasteiger partial charge in [-0.15, -0.1) is 0 Å². The van der Waals surface area contributed by atoms with Gasteiger partial charge in [-0.2, -0.15) is 11.8 Å². The number of aromatic carboxylic acids is 1. The number of anilines is 1. The molecule has 1 aromatic heterocycles. The number of rotatable bonds is 6. The van der Waals surface area contributed by atoms with Gasteiger partial charge in [0, 0.05) is 19.3 Å². The van der Waals surface area contributed by atoms with Crippen LogP contribution < -0.4 is 4.90 Å². The van der Waals surface area contributed by atoms with Crippen LogP contribution in [0, 0.1) is 13.8 Å². The zero-order valence-corrected chi connectivity index (χ0v) is 12.2. The third kappa shape index (κ3) is 3.63. The largest absolute Gasteiger partial charge is 0.478 e. The average Bonchev–Trinajstić information content (AvgIpc) is 2.27. The lowest BCUT2D eigenvalue weighted by Crippen LogP contribution is -2.24. The second-order valence-electron chi connectivity index (χ2n) is 4.35. The van der Waals surface area contributed by atoms with Crippen molar-refractivity contribution in [3.63, 3.8) is 0 Å². The highest BCUT2D eigenvalue weighted by molar-refractivity contribution is 7.98. The molecule has 0 atom stereocenters. The Morgan fingerprint density at radius 2 is 2.17 bits per heavy atom. The zero-order chi connectivity index (χ0) is 13.7. The highest BCUT2D eigenvalue weighted by Gasteiger charge is 2.18. The van der Waals surface area contributed by atoms with Crippen molar-refractivity contribution >= 4 is 23.5 Å². The topological polar surface area (TPSA) is 53.4 Å². The lowest BCUT2D eigenvalue weighted by Gasteiger charge is -2.21. The molecule has 0 spiro atoms. The van der Waals surface area contributed by atoms with Crippen LogP contribution >= 0.6 is 11.8 Å². The smallest absolute Gasteiger partial charge is 0.339 e. The predicted octanol–water partition coefficient (Wildman–Crippen LogP) is 2.59. The first kappa shape index (κ1) is 14.8. The Bertz CT molecular complexity index is 435. The lowest BCUT2D eigenvalue weighted by molar-refractivity contribution is 0.0696. The molecule has 0 aliphatic rings. The molecule has 0 aromatic carbocycles. The monoisotopic (exact) mass is 268 g/mol. The van der Waals surface area contributed by atoms with Crippen molar-refractivity contribution in [2.75, 3.05) is 30.5 Å². The number of aryl methyl sites for hydroxylation is 2. The molecule has 1 aromatic rings. The molecule has 0 aliphatic carbocycles. The highest BCUT2D eigenvalue weighted by atomic mass is 32.2. The molecule has 0 amide bonds. The minimum atomic E-state index is -0.910. The second-order valence-corrected chi connectivity index (χ2v) is 5.34. The van der Waals surface area contributed by atoms with Gasteiger partial charge < -0.3 is 10.0 Å². The summed E-state index contributed by atoms with van der Waals surface area (Å²) < 4.78 is 0. The van der Waals surface area contributed by atoms with Crippen molar-refractivity contribution in [2.24, 2.45) is 0 Å². The van der Waals surface area contributed by atoms with Crippen molar-refractivity contribution in [1.82, 2.24) is 4.98 Å². The van der Waals surface area contributed by atoms with Crippen molar-refractivity contribution in [3.8, 4) is 0 Å². The maximum atomic E-state index is 11.3. The fourth-order valence-corrected chi connectivity index (χ4v) is 2.33. The van der Waals surface area contributed by atoms with Crippen LogP contribution in [0.3, 0.4) is 0 Å². The molecular weight excluding hydrogens is 248 g/mol. The molecule has 1 N–H and O–H groups in total. The Morgan fingerprint density at radius 3 is 2.72 bits per heavy atom. The molecule has 1 heterocycles. The second kappa shape index (κ2) is 6.64. The molecule has 0 fully saturated rings. The van der Waals surface area contributed by atoms with Crippen molar-refractivity contribution < 1.29 is 9.90 Å². The average molecular weight is 268 g/mol. The number of thioether (sulfide) groups is 1. The molecule has 0 aliphatic heterocycles. The van der Waals surface area contributed by atoms with E-state index in [-0.39, 0.29) is 0 Å². The summed E-state index contributed by atoms with van der Waals surface area (Å²) in [5.41, 5.74) is 1.93. The van der Waals surface area contributed by atoms with E-state index >= 15 is 0 Å². The number of nitrogens with zero attached hydrogens (tertiary/aromatic N) is 2. The summed E-state index contributed by atoms with van der Waals surface area (Å²) in [7, 11) is 1.90. The van der Waals surface area contributed by atoms with Crippen LogP contribution in [-0.4, -0.2) is 41.7 Å². The number of aromatic nitrogens is 1. The summed E-state index contributed by atoms with van der Waals surface area (Å²) in [6.07, 6.45) is 3.09. The van der Waals surface area contributed by atoms with Crippen LogP contribution in [0.15, 0.2) is 6.07 Å². The predicted molar refractivity (Wildman–Crippen MR) is 76.9 cm³/mol. The molecule has 4 nitrogen and oxygen atoms in total. The molecular formula is C13H20N2O2S. The quantitative estimate of drug-likeness (QED) is 0.804. The SMILES string of the molecule is CSCCCN(C)c1nc(C)cc(C)c1C(=O)O. The van der Waals surface area contributed by atoms with Crippen LogP contribution in [0.1, 0.15) is 28.0 Å². The van der Waals surface area contributed by atoms with Crippen molar-refractivity contribution in [1.29, 1.82) is 0 Å². The standard InChI is InChI=1S/C13H20N2O2S/c1-9-8-10(2)14-12(11(9)13(16)17)15(3)6-5-7-18-4/h8H,5-7H2,1-4H3,(H,16,17). The molecule has 5 heteroatoms.